The maximum atomic E-state index is 13.6. The van der Waals surface area contributed by atoms with Gasteiger partial charge in [0.15, 0.2) is 19.0 Å². The molecule has 0 saturated carbocycles. The van der Waals surface area contributed by atoms with Crippen molar-refractivity contribution in [3.8, 4) is 22.8 Å². The van der Waals surface area contributed by atoms with E-state index in [1.54, 1.807) is 48.6 Å². The van der Waals surface area contributed by atoms with Gasteiger partial charge < -0.3 is 14.4 Å². The molecule has 8 nitrogen and oxygen atoms in total. The quantitative estimate of drug-likeness (QED) is 0.384. The Bertz CT molecular complexity index is 1360. The van der Waals surface area contributed by atoms with Crippen LogP contribution >= 0.6 is 11.3 Å². The van der Waals surface area contributed by atoms with E-state index < -0.39 is 6.04 Å². The molecule has 2 aliphatic heterocycles. The molecule has 0 saturated heterocycles. The lowest BCUT2D eigenvalue weighted by Crippen LogP contribution is -2.48. The van der Waals surface area contributed by atoms with Crippen LogP contribution in [0.4, 0.5) is 11.4 Å². The van der Waals surface area contributed by atoms with Crippen molar-refractivity contribution < 1.29 is 23.9 Å². The average molecular weight is 490 g/mol. The highest BCUT2D eigenvalue weighted by Gasteiger charge is 2.35. The van der Waals surface area contributed by atoms with Crippen molar-refractivity contribution in [1.82, 2.24) is 4.98 Å². The van der Waals surface area contributed by atoms with Crippen LogP contribution in [-0.4, -0.2) is 48.4 Å². The highest BCUT2D eigenvalue weighted by atomic mass is 32.1. The van der Waals surface area contributed by atoms with Crippen LogP contribution < -0.4 is 19.3 Å². The molecule has 0 fully saturated rings. The van der Waals surface area contributed by atoms with Crippen molar-refractivity contribution in [2.24, 2.45) is 0 Å². The van der Waals surface area contributed by atoms with Gasteiger partial charge in [-0.15, -0.1) is 17.9 Å². The first-order valence-electron chi connectivity index (χ1n) is 11.1. The summed E-state index contributed by atoms with van der Waals surface area (Å²) >= 11 is 1.54. The van der Waals surface area contributed by atoms with Crippen molar-refractivity contribution in [1.29, 1.82) is 0 Å². The van der Waals surface area contributed by atoms with Gasteiger partial charge in [0.05, 0.1) is 28.1 Å². The minimum Gasteiger partial charge on any atom is -0.482 e. The Morgan fingerprint density at radius 3 is 2.54 bits per heavy atom. The number of ketones is 1. The van der Waals surface area contributed by atoms with Crippen molar-refractivity contribution in [2.45, 2.75) is 19.9 Å². The predicted octanol–water partition coefficient (Wildman–Crippen LogP) is 4.03. The SMILES string of the molecule is C=CCN1C(=O)COc2ccc(C(=O)C(C)N3C(=O)COc4ccc(-c5csc(C)n5)cc43)cc21. The third-order valence-electron chi connectivity index (χ3n) is 6.02. The number of amides is 2. The summed E-state index contributed by atoms with van der Waals surface area (Å²) < 4.78 is 11.2. The highest BCUT2D eigenvalue weighted by Crippen LogP contribution is 2.38. The Hall–Kier alpha value is -3.98. The van der Waals surface area contributed by atoms with Crippen LogP contribution in [-0.2, 0) is 9.59 Å². The number of hydrogen-bond acceptors (Lipinski definition) is 7. The maximum absolute atomic E-state index is 13.6. The molecular weight excluding hydrogens is 466 g/mol. The minimum absolute atomic E-state index is 0.0650. The number of carbonyl (C=O) groups excluding carboxylic acids is 3. The van der Waals surface area contributed by atoms with Crippen LogP contribution in [0, 0.1) is 6.92 Å². The zero-order chi connectivity index (χ0) is 24.7. The standard InChI is InChI=1S/C26H23N3O5S/c1-4-9-28-20-11-18(6-8-22(20)33-12-24(28)30)26(32)15(2)29-21-10-17(19-14-35-16(3)27-19)5-7-23(21)34-13-25(29)31/h4-8,10-11,14-15H,1,9,12-13H2,2-3H3. The average Bonchev–Trinajstić information content (AvgIpc) is 3.30. The summed E-state index contributed by atoms with van der Waals surface area (Å²) in [5.74, 6) is 0.264. The summed E-state index contributed by atoms with van der Waals surface area (Å²) in [4.78, 5) is 46.4. The number of anilines is 2. The zero-order valence-electron chi connectivity index (χ0n) is 19.3. The van der Waals surface area contributed by atoms with E-state index in [2.05, 4.69) is 11.6 Å². The van der Waals surface area contributed by atoms with Gasteiger partial charge in [-0.1, -0.05) is 6.08 Å². The number of rotatable bonds is 6. The first kappa shape index (κ1) is 22.8. The Balaban J connectivity index is 1.50. The molecule has 2 aliphatic rings. The third kappa shape index (κ3) is 4.08. The number of fused-ring (bicyclic) bond motifs is 2. The molecule has 2 amide bonds. The lowest BCUT2D eigenvalue weighted by atomic mass is 10.0. The summed E-state index contributed by atoms with van der Waals surface area (Å²) in [6.07, 6.45) is 1.62. The van der Waals surface area contributed by atoms with Gasteiger partial charge in [-0.3, -0.25) is 19.3 Å². The lowest BCUT2D eigenvalue weighted by Gasteiger charge is -2.34. The molecule has 1 aromatic heterocycles. The number of aromatic nitrogens is 1. The van der Waals surface area contributed by atoms with Gasteiger partial charge in [-0.05, 0) is 50.2 Å². The molecule has 5 rings (SSSR count). The number of nitrogens with zero attached hydrogens (tertiary/aromatic N) is 3. The van der Waals surface area contributed by atoms with Crippen LogP contribution in [0.15, 0.2) is 54.4 Å². The molecule has 178 valence electrons. The third-order valence-corrected chi connectivity index (χ3v) is 6.79. The minimum atomic E-state index is -0.802. The normalized spacial score (nSPS) is 15.6. The number of hydrogen-bond donors (Lipinski definition) is 0. The van der Waals surface area contributed by atoms with Crippen molar-refractivity contribution in [3.05, 3.63) is 65.0 Å². The Morgan fingerprint density at radius 2 is 1.83 bits per heavy atom. The van der Waals surface area contributed by atoms with E-state index in [9.17, 15) is 14.4 Å². The lowest BCUT2D eigenvalue weighted by molar-refractivity contribution is -0.122. The van der Waals surface area contributed by atoms with E-state index in [-0.39, 0.29) is 30.8 Å². The molecule has 1 atom stereocenters. The number of thiazole rings is 1. The summed E-state index contributed by atoms with van der Waals surface area (Å²) in [5, 5.41) is 2.89. The molecule has 3 aromatic rings. The molecule has 0 aliphatic carbocycles. The van der Waals surface area contributed by atoms with Crippen LogP contribution in [0.2, 0.25) is 0 Å². The number of benzene rings is 2. The number of ether oxygens (including phenoxy) is 2. The smallest absolute Gasteiger partial charge is 0.265 e. The number of carbonyl (C=O) groups is 3. The van der Waals surface area contributed by atoms with Gasteiger partial charge in [0.2, 0.25) is 0 Å². The number of Topliss-reactive ketones (excluding diaryl/α,β-unsaturated/α-hetero) is 1. The van der Waals surface area contributed by atoms with Gasteiger partial charge in [-0.2, -0.15) is 0 Å². The first-order chi connectivity index (χ1) is 16.9. The fraction of sp³-hybridized carbons (Fsp3) is 0.231. The highest BCUT2D eigenvalue weighted by molar-refractivity contribution is 7.09. The van der Waals surface area contributed by atoms with Crippen LogP contribution in [0.1, 0.15) is 22.3 Å². The summed E-state index contributed by atoms with van der Waals surface area (Å²) in [6.45, 7) is 7.41. The van der Waals surface area contributed by atoms with Crippen LogP contribution in [0.5, 0.6) is 11.5 Å². The molecule has 3 heterocycles. The van der Waals surface area contributed by atoms with E-state index in [1.165, 1.54) is 9.80 Å². The molecule has 35 heavy (non-hydrogen) atoms. The summed E-state index contributed by atoms with van der Waals surface area (Å²) in [5.41, 5.74) is 3.04. The molecule has 2 aromatic carbocycles. The zero-order valence-corrected chi connectivity index (χ0v) is 20.1. The molecular formula is C26H23N3O5S. The van der Waals surface area contributed by atoms with E-state index in [0.29, 0.717) is 35.0 Å². The first-order valence-corrected chi connectivity index (χ1v) is 12.0. The largest absolute Gasteiger partial charge is 0.482 e. The number of aryl methyl sites for hydroxylation is 1. The molecule has 0 N–H and O–H groups in total. The van der Waals surface area contributed by atoms with Crippen molar-refractivity contribution in [2.75, 3.05) is 29.6 Å². The fourth-order valence-corrected chi connectivity index (χ4v) is 4.92. The van der Waals surface area contributed by atoms with Crippen LogP contribution in [0.3, 0.4) is 0 Å². The van der Waals surface area contributed by atoms with Gasteiger partial charge in [0, 0.05) is 23.1 Å². The maximum Gasteiger partial charge on any atom is 0.265 e. The Morgan fingerprint density at radius 1 is 1.11 bits per heavy atom. The van der Waals surface area contributed by atoms with E-state index in [4.69, 9.17) is 9.47 Å². The summed E-state index contributed by atoms with van der Waals surface area (Å²) in [6, 6.07) is 9.68. The van der Waals surface area contributed by atoms with E-state index >= 15 is 0 Å². The van der Waals surface area contributed by atoms with E-state index in [0.717, 1.165) is 16.3 Å². The van der Waals surface area contributed by atoms with Crippen molar-refractivity contribution >= 4 is 40.3 Å². The second kappa shape index (κ2) is 8.99. The van der Waals surface area contributed by atoms with Gasteiger partial charge in [0.1, 0.15) is 11.5 Å². The summed E-state index contributed by atoms with van der Waals surface area (Å²) in [7, 11) is 0. The second-order valence-electron chi connectivity index (χ2n) is 8.29. The Kier molecular flexibility index (Phi) is 5.86. The van der Waals surface area contributed by atoms with Gasteiger partial charge >= 0.3 is 0 Å². The monoisotopic (exact) mass is 489 g/mol. The van der Waals surface area contributed by atoms with Crippen LogP contribution in [0.25, 0.3) is 11.3 Å². The topological polar surface area (TPSA) is 89.0 Å². The Labute approximate surface area is 206 Å². The van der Waals surface area contributed by atoms with Gasteiger partial charge in [0.25, 0.3) is 11.8 Å². The molecule has 0 bridgehead atoms. The fourth-order valence-electron chi connectivity index (χ4n) is 4.29. The van der Waals surface area contributed by atoms with E-state index in [1.807, 2.05) is 24.4 Å². The second-order valence-corrected chi connectivity index (χ2v) is 9.35. The molecule has 9 heteroatoms. The molecule has 1 unspecified atom stereocenters. The molecule has 0 radical (unpaired) electrons. The van der Waals surface area contributed by atoms with Crippen molar-refractivity contribution in [3.63, 3.8) is 0 Å². The van der Waals surface area contributed by atoms with Gasteiger partial charge in [-0.25, -0.2) is 4.98 Å². The molecule has 0 spiro atoms. The predicted molar refractivity (Wildman–Crippen MR) is 134 cm³/mol.